The van der Waals surface area contributed by atoms with Crippen molar-refractivity contribution in [2.24, 2.45) is 5.92 Å². The van der Waals surface area contributed by atoms with E-state index in [1.54, 1.807) is 13.0 Å². The van der Waals surface area contributed by atoms with Gasteiger partial charge in [0.1, 0.15) is 5.82 Å². The third kappa shape index (κ3) is 3.58. The Hall–Kier alpha value is -0.930. The van der Waals surface area contributed by atoms with E-state index in [9.17, 15) is 9.50 Å². The number of aryl methyl sites for hydroxylation is 1. The van der Waals surface area contributed by atoms with E-state index in [2.05, 4.69) is 19.2 Å². The number of hydrogen-bond acceptors (Lipinski definition) is 2. The molecular formula is C13H20FNO. The lowest BCUT2D eigenvalue weighted by Gasteiger charge is -2.18. The van der Waals surface area contributed by atoms with E-state index in [0.717, 1.165) is 12.1 Å². The zero-order chi connectivity index (χ0) is 12.1. The van der Waals surface area contributed by atoms with Gasteiger partial charge in [0, 0.05) is 0 Å². The first-order valence-electron chi connectivity index (χ1n) is 5.65. The Morgan fingerprint density at radius 3 is 2.56 bits per heavy atom. The topological polar surface area (TPSA) is 32.3 Å². The Labute approximate surface area is 96.5 Å². The molecule has 0 aliphatic heterocycles. The molecule has 0 spiro atoms. The molecule has 3 heteroatoms. The largest absolute Gasteiger partial charge is 0.394 e. The summed E-state index contributed by atoms with van der Waals surface area (Å²) in [5.74, 6) is 0.284. The maximum Gasteiger partial charge on any atom is 0.126 e. The third-order valence-corrected chi connectivity index (χ3v) is 2.55. The van der Waals surface area contributed by atoms with Crippen LogP contribution in [0.25, 0.3) is 0 Å². The van der Waals surface area contributed by atoms with Crippen LogP contribution < -0.4 is 5.32 Å². The summed E-state index contributed by atoms with van der Waals surface area (Å²) < 4.78 is 13.4. The van der Waals surface area contributed by atoms with E-state index >= 15 is 0 Å². The molecule has 0 bridgehead atoms. The van der Waals surface area contributed by atoms with Crippen molar-refractivity contribution in [2.75, 3.05) is 13.2 Å². The van der Waals surface area contributed by atoms with Crippen molar-refractivity contribution in [3.8, 4) is 0 Å². The minimum absolute atomic E-state index is 0.0186. The molecule has 0 radical (unpaired) electrons. The average molecular weight is 225 g/mol. The van der Waals surface area contributed by atoms with Crippen LogP contribution in [0.1, 0.15) is 31.0 Å². The Bertz CT molecular complexity index is 339. The van der Waals surface area contributed by atoms with Crippen LogP contribution in [0.2, 0.25) is 0 Å². The van der Waals surface area contributed by atoms with Gasteiger partial charge in [-0.2, -0.15) is 0 Å². The molecule has 1 aromatic carbocycles. The molecule has 0 saturated heterocycles. The van der Waals surface area contributed by atoms with Crippen LogP contribution in [-0.4, -0.2) is 18.3 Å². The van der Waals surface area contributed by atoms with Gasteiger partial charge in [0.2, 0.25) is 0 Å². The first-order chi connectivity index (χ1) is 7.54. The number of halogens is 1. The van der Waals surface area contributed by atoms with Crippen LogP contribution in [0.3, 0.4) is 0 Å². The van der Waals surface area contributed by atoms with Gasteiger partial charge >= 0.3 is 0 Å². The van der Waals surface area contributed by atoms with Crippen molar-refractivity contribution in [1.82, 2.24) is 5.32 Å². The van der Waals surface area contributed by atoms with Gasteiger partial charge in [0.25, 0.3) is 0 Å². The summed E-state index contributed by atoms with van der Waals surface area (Å²) in [4.78, 5) is 0. The van der Waals surface area contributed by atoms with E-state index in [0.29, 0.717) is 11.5 Å². The second kappa shape index (κ2) is 5.97. The molecule has 0 heterocycles. The van der Waals surface area contributed by atoms with Gasteiger partial charge in [0.05, 0.1) is 12.6 Å². The van der Waals surface area contributed by atoms with Crippen molar-refractivity contribution in [3.05, 3.63) is 35.1 Å². The SMILES string of the molecule is Cc1ccc(C(CO)NCC(C)C)cc1F. The molecule has 0 aromatic heterocycles. The number of aliphatic hydroxyl groups is 1. The van der Waals surface area contributed by atoms with Crippen LogP contribution in [0, 0.1) is 18.7 Å². The minimum Gasteiger partial charge on any atom is -0.394 e. The van der Waals surface area contributed by atoms with Gasteiger partial charge in [-0.15, -0.1) is 0 Å². The summed E-state index contributed by atoms with van der Waals surface area (Å²) in [6.45, 7) is 6.71. The minimum atomic E-state index is -0.220. The maximum absolute atomic E-state index is 13.4. The smallest absolute Gasteiger partial charge is 0.126 e. The van der Waals surface area contributed by atoms with Crippen molar-refractivity contribution in [2.45, 2.75) is 26.8 Å². The fraction of sp³-hybridized carbons (Fsp3) is 0.538. The molecule has 0 saturated carbocycles. The van der Waals surface area contributed by atoms with Gasteiger partial charge < -0.3 is 10.4 Å². The quantitative estimate of drug-likeness (QED) is 0.806. The summed E-state index contributed by atoms with van der Waals surface area (Å²) in [5.41, 5.74) is 1.43. The highest BCUT2D eigenvalue weighted by molar-refractivity contribution is 5.25. The monoisotopic (exact) mass is 225 g/mol. The number of rotatable bonds is 5. The van der Waals surface area contributed by atoms with E-state index in [1.807, 2.05) is 6.07 Å². The van der Waals surface area contributed by atoms with Crippen molar-refractivity contribution in [1.29, 1.82) is 0 Å². The van der Waals surface area contributed by atoms with Gasteiger partial charge in [-0.3, -0.25) is 0 Å². The molecule has 0 fully saturated rings. The Morgan fingerprint density at radius 2 is 2.06 bits per heavy atom. The van der Waals surface area contributed by atoms with Gasteiger partial charge in [-0.1, -0.05) is 26.0 Å². The predicted octanol–water partition coefficient (Wildman–Crippen LogP) is 2.41. The van der Waals surface area contributed by atoms with E-state index in [4.69, 9.17) is 0 Å². The number of aliphatic hydroxyl groups excluding tert-OH is 1. The summed E-state index contributed by atoms with van der Waals surface area (Å²) in [5, 5.41) is 12.5. The zero-order valence-corrected chi connectivity index (χ0v) is 10.1. The Morgan fingerprint density at radius 1 is 1.38 bits per heavy atom. The maximum atomic E-state index is 13.4. The van der Waals surface area contributed by atoms with E-state index in [1.165, 1.54) is 6.07 Å². The van der Waals surface area contributed by atoms with Crippen LogP contribution in [-0.2, 0) is 0 Å². The summed E-state index contributed by atoms with van der Waals surface area (Å²) in [6, 6.07) is 4.90. The molecular weight excluding hydrogens is 205 g/mol. The molecule has 1 aromatic rings. The first-order valence-corrected chi connectivity index (χ1v) is 5.65. The standard InChI is InChI=1S/C13H20FNO/c1-9(2)7-15-13(8-16)11-5-4-10(3)12(14)6-11/h4-6,9,13,15-16H,7-8H2,1-3H3. The molecule has 0 aliphatic rings. The van der Waals surface area contributed by atoms with Crippen LogP contribution in [0.5, 0.6) is 0 Å². The molecule has 0 amide bonds. The third-order valence-electron chi connectivity index (χ3n) is 2.55. The number of benzene rings is 1. The highest BCUT2D eigenvalue weighted by Gasteiger charge is 2.11. The summed E-state index contributed by atoms with van der Waals surface area (Å²) in [6.07, 6.45) is 0. The first kappa shape index (κ1) is 13.1. The zero-order valence-electron chi connectivity index (χ0n) is 10.1. The highest BCUT2D eigenvalue weighted by Crippen LogP contribution is 2.16. The average Bonchev–Trinajstić information content (AvgIpc) is 2.23. The Balaban J connectivity index is 2.74. The molecule has 0 aliphatic carbocycles. The van der Waals surface area contributed by atoms with Crippen LogP contribution in [0.15, 0.2) is 18.2 Å². The highest BCUT2D eigenvalue weighted by atomic mass is 19.1. The van der Waals surface area contributed by atoms with Crippen LogP contribution >= 0.6 is 0 Å². The normalized spacial score (nSPS) is 13.1. The van der Waals surface area contributed by atoms with Gasteiger partial charge in [0.15, 0.2) is 0 Å². The Kier molecular flexibility index (Phi) is 4.90. The van der Waals surface area contributed by atoms with E-state index in [-0.39, 0.29) is 18.5 Å². The fourth-order valence-corrected chi connectivity index (χ4v) is 1.49. The number of hydrogen-bond donors (Lipinski definition) is 2. The fourth-order valence-electron chi connectivity index (χ4n) is 1.49. The molecule has 2 nitrogen and oxygen atoms in total. The molecule has 1 atom stereocenters. The van der Waals surface area contributed by atoms with Crippen molar-refractivity contribution in [3.63, 3.8) is 0 Å². The van der Waals surface area contributed by atoms with Gasteiger partial charge in [-0.25, -0.2) is 4.39 Å². The molecule has 1 unspecified atom stereocenters. The van der Waals surface area contributed by atoms with Crippen molar-refractivity contribution >= 4 is 0 Å². The lowest BCUT2D eigenvalue weighted by molar-refractivity contribution is 0.240. The summed E-state index contributed by atoms with van der Waals surface area (Å²) >= 11 is 0. The van der Waals surface area contributed by atoms with Gasteiger partial charge in [-0.05, 0) is 36.6 Å². The molecule has 90 valence electrons. The van der Waals surface area contributed by atoms with Crippen LogP contribution in [0.4, 0.5) is 4.39 Å². The molecule has 16 heavy (non-hydrogen) atoms. The molecule has 1 rings (SSSR count). The van der Waals surface area contributed by atoms with Crippen molar-refractivity contribution < 1.29 is 9.50 Å². The summed E-state index contributed by atoms with van der Waals surface area (Å²) in [7, 11) is 0. The second-order valence-electron chi connectivity index (χ2n) is 4.55. The number of nitrogens with one attached hydrogen (secondary N) is 1. The van der Waals surface area contributed by atoms with E-state index < -0.39 is 0 Å². The lowest BCUT2D eigenvalue weighted by atomic mass is 10.0. The predicted molar refractivity (Wildman–Crippen MR) is 63.8 cm³/mol. The molecule has 2 N–H and O–H groups in total. The second-order valence-corrected chi connectivity index (χ2v) is 4.55. The lowest BCUT2D eigenvalue weighted by Crippen LogP contribution is -2.28.